The van der Waals surface area contributed by atoms with E-state index < -0.39 is 5.97 Å². The molecule has 0 bridgehead atoms. The minimum absolute atomic E-state index is 0.0210. The van der Waals surface area contributed by atoms with E-state index in [-0.39, 0.29) is 48.1 Å². The van der Waals surface area contributed by atoms with E-state index in [2.05, 4.69) is 62.7 Å². The first-order chi connectivity index (χ1) is 35.0. The Morgan fingerprint density at radius 2 is 1.43 bits per heavy atom. The Morgan fingerprint density at radius 1 is 0.764 bits per heavy atom. The summed E-state index contributed by atoms with van der Waals surface area (Å²) in [7, 11) is 1.85. The van der Waals surface area contributed by atoms with Gasteiger partial charge < -0.3 is 30.1 Å². The quantitative estimate of drug-likeness (QED) is 0.0879. The molecule has 390 valence electrons. The molecule has 0 spiro atoms. The number of hydrogen-bond acceptors (Lipinski definition) is 14. The zero-order valence-electron chi connectivity index (χ0n) is 43.0. The Labute approximate surface area is 425 Å². The van der Waals surface area contributed by atoms with E-state index in [9.17, 15) is 24.0 Å². The third-order valence-corrected chi connectivity index (χ3v) is 16.7. The largest absolute Gasteiger partial charge is 0.462 e. The molecule has 4 saturated heterocycles. The van der Waals surface area contributed by atoms with Crippen LogP contribution in [0, 0.1) is 24.7 Å². The van der Waals surface area contributed by atoms with Gasteiger partial charge in [0, 0.05) is 115 Å². The summed E-state index contributed by atoms with van der Waals surface area (Å²) in [6.45, 7) is 14.1. The molecule has 4 aliphatic heterocycles. The van der Waals surface area contributed by atoms with Crippen molar-refractivity contribution in [2.75, 3.05) is 94.1 Å². The molecule has 0 unspecified atom stereocenters. The topological polar surface area (TPSA) is 190 Å². The molecule has 1 atom stereocenters. The number of aryl methyl sites for hydroxylation is 2. The average Bonchev–Trinajstić information content (AvgIpc) is 3.81. The van der Waals surface area contributed by atoms with Gasteiger partial charge in [-0.15, -0.1) is 0 Å². The molecule has 3 N–H and O–H groups in total. The maximum absolute atomic E-state index is 13.8. The fraction of sp³-hybridized carbons (Fsp3) is 0.667. The lowest BCUT2D eigenvalue weighted by molar-refractivity contribution is -0.143. The highest BCUT2D eigenvalue weighted by Crippen LogP contribution is 2.35. The molecule has 18 heteroatoms. The number of benzene rings is 1. The van der Waals surface area contributed by atoms with Crippen LogP contribution in [0.2, 0.25) is 0 Å². The number of anilines is 4. The Morgan fingerprint density at radius 3 is 2.06 bits per heavy atom. The second kappa shape index (κ2) is 23.9. The number of carbonyl (C=O) groups excluding carboxylic acids is 5. The summed E-state index contributed by atoms with van der Waals surface area (Å²) >= 11 is 0. The first-order valence-electron chi connectivity index (χ1n) is 27.3. The molecule has 0 radical (unpaired) electrons. The summed E-state index contributed by atoms with van der Waals surface area (Å²) in [6, 6.07) is 8.94. The Bertz CT molecular complexity index is 2340. The summed E-state index contributed by atoms with van der Waals surface area (Å²) in [5, 5.41) is 13.5. The molecule has 6 fully saturated rings. The van der Waals surface area contributed by atoms with Crippen LogP contribution in [0.15, 0.2) is 36.7 Å². The van der Waals surface area contributed by atoms with Gasteiger partial charge in [0.15, 0.2) is 0 Å². The van der Waals surface area contributed by atoms with Crippen LogP contribution in [0.25, 0.3) is 0 Å². The van der Waals surface area contributed by atoms with Gasteiger partial charge in [0.25, 0.3) is 0 Å². The highest BCUT2D eigenvalue weighted by Gasteiger charge is 2.37. The highest BCUT2D eigenvalue weighted by atomic mass is 16.5. The maximum Gasteiger partial charge on any atom is 0.343 e. The van der Waals surface area contributed by atoms with Crippen molar-refractivity contribution in [2.24, 2.45) is 24.8 Å². The van der Waals surface area contributed by atoms with Gasteiger partial charge in [-0.05, 0) is 121 Å². The lowest BCUT2D eigenvalue weighted by Crippen LogP contribution is -2.54. The molecule has 4 amide bonds. The van der Waals surface area contributed by atoms with E-state index in [1.54, 1.807) is 24.7 Å². The number of esters is 1. The van der Waals surface area contributed by atoms with E-state index >= 15 is 0 Å². The molecule has 6 heterocycles. The van der Waals surface area contributed by atoms with Gasteiger partial charge >= 0.3 is 5.97 Å². The summed E-state index contributed by atoms with van der Waals surface area (Å²) in [5.41, 5.74) is 3.84. The summed E-state index contributed by atoms with van der Waals surface area (Å²) in [6.07, 6.45) is 17.6. The maximum atomic E-state index is 13.8. The van der Waals surface area contributed by atoms with Crippen LogP contribution >= 0.6 is 0 Å². The van der Waals surface area contributed by atoms with E-state index in [0.717, 1.165) is 147 Å². The fourth-order valence-electron chi connectivity index (χ4n) is 12.4. The van der Waals surface area contributed by atoms with Crippen LogP contribution in [-0.4, -0.2) is 160 Å². The van der Waals surface area contributed by atoms with Gasteiger partial charge in [0.1, 0.15) is 11.4 Å². The van der Waals surface area contributed by atoms with Crippen molar-refractivity contribution in [1.29, 1.82) is 0 Å². The van der Waals surface area contributed by atoms with Crippen LogP contribution in [0.3, 0.4) is 0 Å². The first kappa shape index (κ1) is 51.3. The summed E-state index contributed by atoms with van der Waals surface area (Å²) < 4.78 is 7.09. The molecule has 6 aliphatic rings. The molecule has 2 aromatic heterocycles. The number of rotatable bonds is 16. The first-order valence-corrected chi connectivity index (χ1v) is 27.3. The number of hydrogen-bond donors (Lipinski definition) is 3. The number of imide groups is 1. The van der Waals surface area contributed by atoms with Gasteiger partial charge in [-0.2, -0.15) is 10.1 Å². The number of nitrogens with zero attached hydrogens (tertiary/aromatic N) is 9. The molecule has 3 aromatic rings. The van der Waals surface area contributed by atoms with Gasteiger partial charge in [-0.25, -0.2) is 9.78 Å². The van der Waals surface area contributed by atoms with Crippen molar-refractivity contribution in [1.82, 2.24) is 44.7 Å². The Kier molecular flexibility index (Phi) is 17.1. The SMILES string of the molecule is CCOC(=O)c1c(C)nc(Nc2cnn(C)c2)nc1NC1CCC(N2CCN(C(=O)C3CCC(C(=O)N4CCC(CCCCN5CCN(c6ccc([C@H]7CCC(=O)NC7=O)cc6)CC5)CC4)CC3)CC2)CC1. The molecule has 72 heavy (non-hydrogen) atoms. The predicted octanol–water partition coefficient (Wildman–Crippen LogP) is 5.86. The predicted molar refractivity (Wildman–Crippen MR) is 276 cm³/mol. The average molecular weight is 991 g/mol. The lowest BCUT2D eigenvalue weighted by atomic mass is 9.80. The number of unbranched alkanes of at least 4 members (excludes halogenated alkanes) is 1. The number of piperazine rings is 2. The number of carbonyl (C=O) groups is 5. The minimum atomic E-state index is -0.433. The Hall–Kier alpha value is -5.62. The van der Waals surface area contributed by atoms with Crippen molar-refractivity contribution >= 4 is 52.7 Å². The van der Waals surface area contributed by atoms with Crippen molar-refractivity contribution in [3.05, 3.63) is 53.5 Å². The Balaban J connectivity index is 0.628. The molecular formula is C54H78N12O6. The monoisotopic (exact) mass is 991 g/mol. The standard InChI is InChI=1S/C54H78N12O6/c1-4-72-53(71)48-37(2)56-54(58-43-35-55-61(3)36-43)60-49(48)57-42-14-18-45(19-15-42)64-31-33-66(34-32-64)52(70)41-10-8-40(9-11-41)51(69)65-25-22-38(23-26-65)7-5-6-24-62-27-29-63(30-28-62)44-16-12-39(13-17-44)46-20-21-47(67)59-50(46)68/h12-13,16-17,35-36,38,40-42,45-46H,4-11,14-15,18-34H2,1-3H3,(H,59,67,68)(H2,56,57,58,60)/t40?,41?,42?,45?,46-/m1/s1. The van der Waals surface area contributed by atoms with Crippen LogP contribution in [0.4, 0.5) is 23.1 Å². The van der Waals surface area contributed by atoms with E-state index in [4.69, 9.17) is 9.72 Å². The van der Waals surface area contributed by atoms with Crippen LogP contribution < -0.4 is 20.9 Å². The van der Waals surface area contributed by atoms with E-state index in [1.165, 1.54) is 24.9 Å². The van der Waals surface area contributed by atoms with Crippen LogP contribution in [0.1, 0.15) is 131 Å². The van der Waals surface area contributed by atoms with Crippen molar-refractivity contribution in [3.8, 4) is 0 Å². The number of likely N-dealkylation sites (tertiary alicyclic amines) is 1. The number of amides is 4. The molecule has 18 nitrogen and oxygen atoms in total. The number of ether oxygens (including phenoxy) is 1. The number of piperidine rings is 2. The van der Waals surface area contributed by atoms with Gasteiger partial charge in [-0.3, -0.25) is 39.0 Å². The van der Waals surface area contributed by atoms with E-state index in [0.29, 0.717) is 53.7 Å². The third kappa shape index (κ3) is 12.8. The lowest BCUT2D eigenvalue weighted by Gasteiger charge is -2.43. The summed E-state index contributed by atoms with van der Waals surface area (Å²) in [5.74, 6) is 1.19. The zero-order valence-corrected chi connectivity index (χ0v) is 43.0. The number of aromatic nitrogens is 4. The second-order valence-electron chi connectivity index (χ2n) is 21.4. The van der Waals surface area contributed by atoms with Gasteiger partial charge in [0.05, 0.1) is 30.1 Å². The second-order valence-corrected chi connectivity index (χ2v) is 21.4. The molecule has 9 rings (SSSR count). The van der Waals surface area contributed by atoms with Crippen molar-refractivity contribution < 1.29 is 28.7 Å². The fourth-order valence-corrected chi connectivity index (χ4v) is 12.4. The molecule has 2 aliphatic carbocycles. The van der Waals surface area contributed by atoms with Crippen molar-refractivity contribution in [2.45, 2.75) is 128 Å². The van der Waals surface area contributed by atoms with Crippen LogP contribution in [-0.2, 0) is 31.0 Å². The third-order valence-electron chi connectivity index (χ3n) is 16.7. The van der Waals surface area contributed by atoms with E-state index in [1.807, 2.05) is 25.4 Å². The minimum Gasteiger partial charge on any atom is -0.462 e. The van der Waals surface area contributed by atoms with Gasteiger partial charge in [0.2, 0.25) is 29.6 Å². The zero-order chi connectivity index (χ0) is 50.1. The molecular weight excluding hydrogens is 913 g/mol. The van der Waals surface area contributed by atoms with Crippen molar-refractivity contribution in [3.63, 3.8) is 0 Å². The van der Waals surface area contributed by atoms with Gasteiger partial charge in [-0.1, -0.05) is 25.0 Å². The smallest absolute Gasteiger partial charge is 0.343 e. The number of nitrogens with one attached hydrogen (secondary N) is 3. The molecule has 1 aromatic carbocycles. The summed E-state index contributed by atoms with van der Waals surface area (Å²) in [4.78, 5) is 85.5. The molecule has 2 saturated carbocycles. The highest BCUT2D eigenvalue weighted by molar-refractivity contribution is 6.01. The normalized spacial score (nSPS) is 25.0. The van der Waals surface area contributed by atoms with Crippen LogP contribution in [0.5, 0.6) is 0 Å².